The smallest absolute Gasteiger partial charge is 0.251 e. The molecule has 0 unspecified atom stereocenters. The van der Waals surface area contributed by atoms with Crippen molar-refractivity contribution in [2.24, 2.45) is 0 Å². The summed E-state index contributed by atoms with van der Waals surface area (Å²) in [4.78, 5) is 12.3. The van der Waals surface area contributed by atoms with Gasteiger partial charge in [0.25, 0.3) is 5.91 Å². The molecular formula is C16H14ClNO3. The summed E-state index contributed by atoms with van der Waals surface area (Å²) < 4.78 is 10.5. The summed E-state index contributed by atoms with van der Waals surface area (Å²) in [6, 6.07) is 12.9. The van der Waals surface area contributed by atoms with Crippen LogP contribution in [0.1, 0.15) is 28.9 Å². The molecule has 0 spiro atoms. The second kappa shape index (κ2) is 5.66. The van der Waals surface area contributed by atoms with Gasteiger partial charge < -0.3 is 14.8 Å². The Labute approximate surface area is 127 Å². The average Bonchev–Trinajstić information content (AvgIpc) is 2.97. The Bertz CT molecular complexity index is 673. The van der Waals surface area contributed by atoms with E-state index >= 15 is 0 Å². The summed E-state index contributed by atoms with van der Waals surface area (Å²) in [5.41, 5.74) is 1.49. The van der Waals surface area contributed by atoms with E-state index < -0.39 is 0 Å². The zero-order valence-electron chi connectivity index (χ0n) is 11.4. The Hall–Kier alpha value is -2.20. The van der Waals surface area contributed by atoms with Gasteiger partial charge in [0.2, 0.25) is 6.79 Å². The van der Waals surface area contributed by atoms with Gasteiger partial charge in [0, 0.05) is 5.56 Å². The van der Waals surface area contributed by atoms with Crippen molar-refractivity contribution in [3.05, 3.63) is 58.6 Å². The van der Waals surface area contributed by atoms with Crippen LogP contribution in [0.4, 0.5) is 0 Å². The lowest BCUT2D eigenvalue weighted by molar-refractivity contribution is 0.0939. The lowest BCUT2D eigenvalue weighted by Crippen LogP contribution is -2.26. The first-order chi connectivity index (χ1) is 10.1. The fourth-order valence-corrected chi connectivity index (χ4v) is 2.47. The van der Waals surface area contributed by atoms with Crippen LogP contribution in [0, 0.1) is 0 Å². The number of amides is 1. The van der Waals surface area contributed by atoms with Gasteiger partial charge in [-0.15, -0.1) is 0 Å². The number of carbonyl (C=O) groups is 1. The first kappa shape index (κ1) is 13.8. The highest BCUT2D eigenvalue weighted by Gasteiger charge is 2.21. The number of benzene rings is 2. The summed E-state index contributed by atoms with van der Waals surface area (Å²) in [7, 11) is 0. The maximum Gasteiger partial charge on any atom is 0.251 e. The summed E-state index contributed by atoms with van der Waals surface area (Å²) in [6.45, 7) is 2.06. The lowest BCUT2D eigenvalue weighted by Gasteiger charge is -2.14. The molecule has 0 radical (unpaired) electrons. The van der Waals surface area contributed by atoms with Gasteiger partial charge in [-0.1, -0.05) is 41.9 Å². The van der Waals surface area contributed by atoms with E-state index in [0.29, 0.717) is 22.1 Å². The Balaban J connectivity index is 1.78. The number of ether oxygens (including phenoxy) is 2. The second-order valence-electron chi connectivity index (χ2n) is 4.80. The van der Waals surface area contributed by atoms with Gasteiger partial charge in [0.15, 0.2) is 11.5 Å². The topological polar surface area (TPSA) is 47.6 Å². The molecule has 5 heteroatoms. The molecule has 0 bridgehead atoms. The quantitative estimate of drug-likeness (QED) is 0.943. The third kappa shape index (κ3) is 2.81. The molecule has 1 amide bonds. The number of carbonyl (C=O) groups excluding carboxylic acids is 1. The van der Waals surface area contributed by atoms with Crippen molar-refractivity contribution < 1.29 is 14.3 Å². The number of halogens is 1. The van der Waals surface area contributed by atoms with Gasteiger partial charge >= 0.3 is 0 Å². The molecule has 0 saturated heterocycles. The fraction of sp³-hybridized carbons (Fsp3) is 0.188. The molecule has 1 N–H and O–H groups in total. The fourth-order valence-electron chi connectivity index (χ4n) is 2.20. The molecule has 0 aromatic heterocycles. The number of rotatable bonds is 3. The molecule has 0 fully saturated rings. The molecule has 4 nitrogen and oxygen atoms in total. The molecular weight excluding hydrogens is 290 g/mol. The predicted octanol–water partition coefficient (Wildman–Crippen LogP) is 3.56. The van der Waals surface area contributed by atoms with Crippen LogP contribution in [0.5, 0.6) is 11.5 Å². The molecule has 3 rings (SSSR count). The van der Waals surface area contributed by atoms with Crippen LogP contribution in [0.2, 0.25) is 5.02 Å². The van der Waals surface area contributed by atoms with Crippen molar-refractivity contribution >= 4 is 17.5 Å². The van der Waals surface area contributed by atoms with Crippen LogP contribution in [0.25, 0.3) is 0 Å². The highest BCUT2D eigenvalue weighted by molar-refractivity contribution is 6.32. The van der Waals surface area contributed by atoms with Gasteiger partial charge in [-0.2, -0.15) is 0 Å². The largest absolute Gasteiger partial charge is 0.454 e. The summed E-state index contributed by atoms with van der Waals surface area (Å²) in [5.74, 6) is 0.788. The van der Waals surface area contributed by atoms with Gasteiger partial charge in [0.05, 0.1) is 11.1 Å². The maximum absolute atomic E-state index is 12.3. The lowest BCUT2D eigenvalue weighted by atomic mass is 10.1. The Morgan fingerprint density at radius 2 is 2.00 bits per heavy atom. The summed E-state index contributed by atoms with van der Waals surface area (Å²) in [5, 5.41) is 3.31. The molecule has 1 atom stereocenters. The van der Waals surface area contributed by atoms with Crippen LogP contribution >= 0.6 is 11.6 Å². The number of hydrogen-bond donors (Lipinski definition) is 1. The van der Waals surface area contributed by atoms with Crippen LogP contribution in [-0.4, -0.2) is 12.7 Å². The van der Waals surface area contributed by atoms with E-state index in [4.69, 9.17) is 21.1 Å². The molecule has 0 saturated carbocycles. The van der Waals surface area contributed by atoms with E-state index in [0.717, 1.165) is 5.56 Å². The first-order valence-electron chi connectivity index (χ1n) is 6.60. The standard InChI is InChI=1S/C16H14ClNO3/c1-10(11-5-3-2-4-6-11)18-16(19)12-7-13(17)15-14(8-12)20-9-21-15/h2-8,10H,9H2,1H3,(H,18,19)/t10-/m0/s1. The molecule has 21 heavy (non-hydrogen) atoms. The molecule has 1 aliphatic rings. The molecule has 2 aromatic carbocycles. The SMILES string of the molecule is C[C@H](NC(=O)c1cc(Cl)c2c(c1)OCO2)c1ccccc1. The summed E-state index contributed by atoms with van der Waals surface area (Å²) >= 11 is 6.09. The Morgan fingerprint density at radius 1 is 1.24 bits per heavy atom. The molecule has 2 aromatic rings. The van der Waals surface area contributed by atoms with Crippen molar-refractivity contribution in [2.75, 3.05) is 6.79 Å². The normalized spacial score (nSPS) is 13.8. The maximum atomic E-state index is 12.3. The second-order valence-corrected chi connectivity index (χ2v) is 5.20. The number of fused-ring (bicyclic) bond motifs is 1. The minimum atomic E-state index is -0.202. The highest BCUT2D eigenvalue weighted by Crippen LogP contribution is 2.39. The van der Waals surface area contributed by atoms with Gasteiger partial charge in [0.1, 0.15) is 0 Å². The highest BCUT2D eigenvalue weighted by atomic mass is 35.5. The van der Waals surface area contributed by atoms with E-state index in [1.165, 1.54) is 0 Å². The molecule has 1 heterocycles. The third-order valence-corrected chi connectivity index (χ3v) is 3.62. The molecule has 0 aliphatic carbocycles. The zero-order chi connectivity index (χ0) is 14.8. The van der Waals surface area contributed by atoms with E-state index in [2.05, 4.69) is 5.32 Å². The van der Waals surface area contributed by atoms with E-state index in [-0.39, 0.29) is 18.7 Å². The van der Waals surface area contributed by atoms with Crippen LogP contribution in [-0.2, 0) is 0 Å². The number of hydrogen-bond acceptors (Lipinski definition) is 3. The Morgan fingerprint density at radius 3 is 2.76 bits per heavy atom. The first-order valence-corrected chi connectivity index (χ1v) is 6.98. The van der Waals surface area contributed by atoms with Crippen LogP contribution < -0.4 is 14.8 Å². The summed E-state index contributed by atoms with van der Waals surface area (Å²) in [6.07, 6.45) is 0. The van der Waals surface area contributed by atoms with Crippen molar-refractivity contribution in [1.29, 1.82) is 0 Å². The van der Waals surface area contributed by atoms with E-state index in [9.17, 15) is 4.79 Å². The van der Waals surface area contributed by atoms with E-state index in [1.54, 1.807) is 12.1 Å². The van der Waals surface area contributed by atoms with Gasteiger partial charge in [-0.3, -0.25) is 4.79 Å². The zero-order valence-corrected chi connectivity index (χ0v) is 12.2. The average molecular weight is 304 g/mol. The van der Waals surface area contributed by atoms with Gasteiger partial charge in [-0.05, 0) is 24.6 Å². The van der Waals surface area contributed by atoms with Gasteiger partial charge in [-0.25, -0.2) is 0 Å². The van der Waals surface area contributed by atoms with Crippen molar-refractivity contribution in [2.45, 2.75) is 13.0 Å². The van der Waals surface area contributed by atoms with Crippen LogP contribution in [0.3, 0.4) is 0 Å². The van der Waals surface area contributed by atoms with Crippen molar-refractivity contribution in [3.63, 3.8) is 0 Å². The monoisotopic (exact) mass is 303 g/mol. The Kier molecular flexibility index (Phi) is 3.71. The minimum Gasteiger partial charge on any atom is -0.454 e. The number of nitrogens with one attached hydrogen (secondary N) is 1. The van der Waals surface area contributed by atoms with Crippen molar-refractivity contribution in [3.8, 4) is 11.5 Å². The minimum absolute atomic E-state index is 0.0945. The molecule has 108 valence electrons. The molecule has 1 aliphatic heterocycles. The predicted molar refractivity (Wildman–Crippen MR) is 79.9 cm³/mol. The van der Waals surface area contributed by atoms with Crippen molar-refractivity contribution in [1.82, 2.24) is 5.32 Å². The van der Waals surface area contributed by atoms with Crippen LogP contribution in [0.15, 0.2) is 42.5 Å². The third-order valence-electron chi connectivity index (χ3n) is 3.34. The van der Waals surface area contributed by atoms with E-state index in [1.807, 2.05) is 37.3 Å².